The first-order valence-corrected chi connectivity index (χ1v) is 13.7. The third-order valence-corrected chi connectivity index (χ3v) is 6.01. The van der Waals surface area contributed by atoms with E-state index >= 15 is 0 Å². The fourth-order valence-electron chi connectivity index (χ4n) is 4.02. The van der Waals surface area contributed by atoms with E-state index in [2.05, 4.69) is 45.0 Å². The highest BCUT2D eigenvalue weighted by Crippen LogP contribution is 2.29. The van der Waals surface area contributed by atoms with Crippen LogP contribution in [0.25, 0.3) is 0 Å². The number of hydrogen-bond donors (Lipinski definition) is 2. The van der Waals surface area contributed by atoms with Crippen LogP contribution in [-0.4, -0.2) is 90.5 Å². The smallest absolute Gasteiger partial charge is 0.412 e. The quantitative estimate of drug-likeness (QED) is 0.397. The van der Waals surface area contributed by atoms with Crippen molar-refractivity contribution in [3.05, 3.63) is 0 Å². The third kappa shape index (κ3) is 16.1. The van der Waals surface area contributed by atoms with Gasteiger partial charge in [0.05, 0.1) is 6.61 Å². The van der Waals surface area contributed by atoms with E-state index in [1.165, 1.54) is 4.90 Å². The molecular weight excluding hydrogens is 474 g/mol. The predicted octanol–water partition coefficient (Wildman–Crippen LogP) is 5.25. The van der Waals surface area contributed by atoms with Gasteiger partial charge in [0, 0.05) is 25.7 Å². The number of alkyl carbamates (subject to hydrolysis) is 1. The van der Waals surface area contributed by atoms with Gasteiger partial charge in [-0.05, 0) is 92.7 Å². The van der Waals surface area contributed by atoms with Gasteiger partial charge in [-0.25, -0.2) is 9.59 Å². The van der Waals surface area contributed by atoms with Gasteiger partial charge in [0.2, 0.25) is 0 Å². The maximum atomic E-state index is 11.9. The lowest BCUT2D eigenvalue weighted by molar-refractivity contribution is -0.0293. The number of likely N-dealkylation sites (N-methyl/N-ethyl adjacent to an activating group) is 1. The lowest BCUT2D eigenvalue weighted by Gasteiger charge is -2.32. The molecule has 0 spiro atoms. The number of aliphatic hydroxyl groups excluding tert-OH is 1. The molecule has 37 heavy (non-hydrogen) atoms. The zero-order chi connectivity index (χ0) is 29.0. The van der Waals surface area contributed by atoms with E-state index in [0.717, 1.165) is 39.0 Å². The standard InChI is InChI=1S/C16H34N2O3.C12H23NO3/c1-13(2)14(17-15(19)21-16(3,4)5)9-8-10-18(6)11-12-20-7;1-8(2)9-6-7-10(14)13(9)11(15)16-12(3,4)5/h13-14H,8-12H2,1-7H3,(H,17,19);8-10,14H,6-7H2,1-5H3/t14-;9-,10?/m11/s1. The van der Waals surface area contributed by atoms with Crippen molar-refractivity contribution in [2.75, 3.05) is 33.9 Å². The molecule has 1 fully saturated rings. The average Bonchev–Trinajstić information content (AvgIpc) is 3.11. The average molecular weight is 532 g/mol. The maximum absolute atomic E-state index is 11.9. The SMILES string of the molecule is CC(C)[C@H]1CCC(O)N1C(=O)OC(C)(C)C.COCCN(C)CCC[C@@H](NC(=O)OC(C)(C)C)C(C)C. The highest BCUT2D eigenvalue weighted by molar-refractivity contribution is 5.69. The van der Waals surface area contributed by atoms with Crippen molar-refractivity contribution in [3.8, 4) is 0 Å². The van der Waals surface area contributed by atoms with E-state index in [1.54, 1.807) is 7.11 Å². The Kier molecular flexibility index (Phi) is 15.7. The summed E-state index contributed by atoms with van der Waals surface area (Å²) in [5.74, 6) is 0.728. The number of likely N-dealkylation sites (tertiary alicyclic amines) is 1. The minimum Gasteiger partial charge on any atom is -0.444 e. The first kappa shape index (κ1) is 35.4. The van der Waals surface area contributed by atoms with Crippen LogP contribution in [0.5, 0.6) is 0 Å². The van der Waals surface area contributed by atoms with Crippen LogP contribution in [0.2, 0.25) is 0 Å². The first-order valence-electron chi connectivity index (χ1n) is 13.7. The fourth-order valence-corrected chi connectivity index (χ4v) is 4.02. The van der Waals surface area contributed by atoms with Crippen LogP contribution in [0.1, 0.15) is 94.9 Å². The number of ether oxygens (including phenoxy) is 3. The van der Waals surface area contributed by atoms with Gasteiger partial charge in [0.25, 0.3) is 0 Å². The molecule has 1 aliphatic rings. The molecule has 1 heterocycles. The summed E-state index contributed by atoms with van der Waals surface area (Å²) in [6, 6.07) is 0.237. The predicted molar refractivity (Wildman–Crippen MR) is 149 cm³/mol. The topological polar surface area (TPSA) is 101 Å². The monoisotopic (exact) mass is 531 g/mol. The van der Waals surface area contributed by atoms with Gasteiger partial charge in [-0.1, -0.05) is 27.7 Å². The number of nitrogens with one attached hydrogen (secondary N) is 1. The minimum absolute atomic E-state index is 0.0878. The van der Waals surface area contributed by atoms with Gasteiger partial charge >= 0.3 is 12.2 Å². The molecule has 0 aliphatic carbocycles. The Morgan fingerprint density at radius 3 is 2.03 bits per heavy atom. The Labute approximate surface area is 226 Å². The Bertz CT molecular complexity index is 657. The summed E-state index contributed by atoms with van der Waals surface area (Å²) in [6.07, 6.45) is 2.06. The van der Waals surface area contributed by atoms with Gasteiger partial charge in [-0.2, -0.15) is 0 Å². The number of rotatable bonds is 10. The molecule has 2 N–H and O–H groups in total. The van der Waals surface area contributed by atoms with Crippen LogP contribution in [0.15, 0.2) is 0 Å². The molecule has 1 rings (SSSR count). The van der Waals surface area contributed by atoms with Gasteiger partial charge in [0.15, 0.2) is 0 Å². The van der Waals surface area contributed by atoms with E-state index in [-0.39, 0.29) is 18.2 Å². The van der Waals surface area contributed by atoms with Crippen molar-refractivity contribution in [2.24, 2.45) is 11.8 Å². The summed E-state index contributed by atoms with van der Waals surface area (Å²) in [5.41, 5.74) is -0.965. The molecule has 1 unspecified atom stereocenters. The third-order valence-electron chi connectivity index (χ3n) is 6.01. The largest absolute Gasteiger partial charge is 0.444 e. The number of carbonyl (C=O) groups excluding carboxylic acids is 2. The molecule has 220 valence electrons. The molecule has 0 saturated carbocycles. The number of aliphatic hydroxyl groups is 1. The molecule has 3 atom stereocenters. The lowest BCUT2D eigenvalue weighted by atomic mass is 9.99. The molecule has 0 bridgehead atoms. The number of methoxy groups -OCH3 is 1. The molecule has 9 nitrogen and oxygen atoms in total. The van der Waals surface area contributed by atoms with Gasteiger partial charge in [-0.15, -0.1) is 0 Å². The summed E-state index contributed by atoms with van der Waals surface area (Å²) in [7, 11) is 3.80. The highest BCUT2D eigenvalue weighted by atomic mass is 16.6. The Morgan fingerprint density at radius 2 is 1.57 bits per heavy atom. The minimum atomic E-state index is -0.692. The Hall–Kier alpha value is -1.58. The lowest BCUT2D eigenvalue weighted by Crippen LogP contribution is -2.46. The molecule has 0 aromatic rings. The number of hydrogen-bond acceptors (Lipinski definition) is 7. The second kappa shape index (κ2) is 16.4. The van der Waals surface area contributed by atoms with Crippen molar-refractivity contribution < 1.29 is 28.9 Å². The summed E-state index contributed by atoms with van der Waals surface area (Å²) in [5, 5.41) is 12.8. The zero-order valence-electron chi connectivity index (χ0n) is 25.7. The van der Waals surface area contributed by atoms with Crippen molar-refractivity contribution in [1.82, 2.24) is 15.1 Å². The second-order valence-electron chi connectivity index (χ2n) is 12.7. The number of carbonyl (C=O) groups is 2. The van der Waals surface area contributed by atoms with Gasteiger partial charge in [0.1, 0.15) is 17.4 Å². The number of nitrogens with zero attached hydrogens (tertiary/aromatic N) is 2. The van der Waals surface area contributed by atoms with Crippen molar-refractivity contribution >= 4 is 12.2 Å². The molecule has 0 aromatic heterocycles. The van der Waals surface area contributed by atoms with Crippen LogP contribution < -0.4 is 5.32 Å². The van der Waals surface area contributed by atoms with Crippen molar-refractivity contribution in [1.29, 1.82) is 0 Å². The van der Waals surface area contributed by atoms with Crippen molar-refractivity contribution in [3.63, 3.8) is 0 Å². The van der Waals surface area contributed by atoms with E-state index < -0.39 is 23.5 Å². The van der Waals surface area contributed by atoms with Crippen LogP contribution in [-0.2, 0) is 14.2 Å². The van der Waals surface area contributed by atoms with Crippen LogP contribution in [0.3, 0.4) is 0 Å². The van der Waals surface area contributed by atoms with Crippen LogP contribution in [0.4, 0.5) is 9.59 Å². The summed E-state index contributed by atoms with van der Waals surface area (Å²) in [6.45, 7) is 22.2. The van der Waals surface area contributed by atoms with Gasteiger partial charge in [-0.3, -0.25) is 4.90 Å². The number of amides is 2. The van der Waals surface area contributed by atoms with Crippen LogP contribution >= 0.6 is 0 Å². The summed E-state index contributed by atoms with van der Waals surface area (Å²) in [4.78, 5) is 27.5. The molecule has 0 aromatic carbocycles. The zero-order valence-corrected chi connectivity index (χ0v) is 25.7. The van der Waals surface area contributed by atoms with Crippen molar-refractivity contribution in [2.45, 2.75) is 124 Å². The van der Waals surface area contributed by atoms with E-state index in [9.17, 15) is 14.7 Å². The molecule has 1 aliphatic heterocycles. The summed E-state index contributed by atoms with van der Waals surface area (Å²) >= 11 is 0. The Morgan fingerprint density at radius 1 is 1.00 bits per heavy atom. The van der Waals surface area contributed by atoms with Gasteiger partial charge < -0.3 is 29.5 Å². The maximum Gasteiger partial charge on any atom is 0.412 e. The molecule has 9 heteroatoms. The molecule has 0 radical (unpaired) electrons. The second-order valence-corrected chi connectivity index (χ2v) is 12.7. The van der Waals surface area contributed by atoms with Crippen LogP contribution in [0, 0.1) is 11.8 Å². The highest BCUT2D eigenvalue weighted by Gasteiger charge is 2.39. The van der Waals surface area contributed by atoms with E-state index in [4.69, 9.17) is 14.2 Å². The molecule has 2 amide bonds. The molecular formula is C28H57N3O6. The van der Waals surface area contributed by atoms with E-state index in [1.807, 2.05) is 41.5 Å². The fraction of sp³-hybridized carbons (Fsp3) is 0.929. The van der Waals surface area contributed by atoms with E-state index in [0.29, 0.717) is 18.3 Å². The molecule has 1 saturated heterocycles. The summed E-state index contributed by atoms with van der Waals surface area (Å²) < 4.78 is 15.7. The first-order chi connectivity index (χ1) is 16.9. The normalized spacial score (nSPS) is 19.1. The Balaban J connectivity index is 0.000000724.